The zero-order chi connectivity index (χ0) is 20.6. The summed E-state index contributed by atoms with van der Waals surface area (Å²) in [7, 11) is -2.38. The molecule has 3 aromatic rings. The molecule has 1 aromatic heterocycles. The van der Waals surface area contributed by atoms with Gasteiger partial charge in [0, 0.05) is 27.9 Å². The van der Waals surface area contributed by atoms with Crippen LogP contribution < -0.4 is 10.6 Å². The highest BCUT2D eigenvalue weighted by Gasteiger charge is 2.26. The van der Waals surface area contributed by atoms with Gasteiger partial charge in [-0.15, -0.1) is 11.3 Å². The minimum absolute atomic E-state index is 0.0848. The second-order valence-electron chi connectivity index (χ2n) is 8.09. The molecule has 0 unspecified atom stereocenters. The van der Waals surface area contributed by atoms with Crippen molar-refractivity contribution in [3.63, 3.8) is 0 Å². The fourth-order valence-corrected chi connectivity index (χ4v) is 6.01. The maximum atomic E-state index is 12.7. The Morgan fingerprint density at radius 3 is 2.62 bits per heavy atom. The van der Waals surface area contributed by atoms with Crippen LogP contribution in [0.4, 0.5) is 0 Å². The van der Waals surface area contributed by atoms with Gasteiger partial charge in [0.2, 0.25) is 0 Å². The van der Waals surface area contributed by atoms with Crippen LogP contribution in [0.5, 0.6) is 0 Å². The van der Waals surface area contributed by atoms with Gasteiger partial charge in [-0.3, -0.25) is 4.79 Å². The van der Waals surface area contributed by atoms with E-state index in [-0.39, 0.29) is 11.9 Å². The number of thiazole rings is 1. The zero-order valence-corrected chi connectivity index (χ0v) is 19.0. The lowest BCUT2D eigenvalue weighted by atomic mass is 9.86. The van der Waals surface area contributed by atoms with Gasteiger partial charge >= 0.3 is 0 Å². The lowest BCUT2D eigenvalue weighted by Crippen LogP contribution is -2.37. The molecule has 4 rings (SSSR count). The zero-order valence-electron chi connectivity index (χ0n) is 16.5. The Morgan fingerprint density at radius 1 is 1.14 bits per heavy atom. The average Bonchev–Trinajstić information content (AvgIpc) is 3.11. The molecule has 0 radical (unpaired) electrons. The number of amides is 1. The number of benzene rings is 2. The van der Waals surface area contributed by atoms with Gasteiger partial charge in [-0.05, 0) is 69.3 Å². The maximum Gasteiger partial charge on any atom is 0.251 e. The molecule has 0 bridgehead atoms. The minimum atomic E-state index is -2.38. The summed E-state index contributed by atoms with van der Waals surface area (Å²) >= 11 is 7.82. The normalized spacial score (nSPS) is 20.0. The molecule has 0 aliphatic heterocycles. The van der Waals surface area contributed by atoms with E-state index in [9.17, 15) is 9.36 Å². The number of hydrogen-bond acceptors (Lipinski definition) is 4. The van der Waals surface area contributed by atoms with E-state index in [1.165, 1.54) is 9.71 Å². The van der Waals surface area contributed by atoms with Crippen molar-refractivity contribution in [2.45, 2.75) is 37.6 Å². The first-order valence-corrected chi connectivity index (χ1v) is 13.6. The highest BCUT2D eigenvalue weighted by molar-refractivity contribution is 7.70. The number of rotatable bonds is 4. The molecule has 1 saturated carbocycles. The molecule has 7 heteroatoms. The summed E-state index contributed by atoms with van der Waals surface area (Å²) in [5, 5.41) is 5.78. The molecule has 0 spiro atoms. The fourth-order valence-electron chi connectivity index (χ4n) is 3.83. The van der Waals surface area contributed by atoms with E-state index in [1.807, 2.05) is 24.3 Å². The van der Waals surface area contributed by atoms with Gasteiger partial charge in [0.25, 0.3) is 5.91 Å². The lowest BCUT2D eigenvalue weighted by Gasteiger charge is -2.28. The second kappa shape index (κ2) is 8.22. The largest absolute Gasteiger partial charge is 0.349 e. The number of carbonyl (C=O) groups excluding carboxylic acids is 1. The van der Waals surface area contributed by atoms with Crippen LogP contribution in [0.3, 0.4) is 0 Å². The Morgan fingerprint density at radius 2 is 1.90 bits per heavy atom. The number of nitrogens with one attached hydrogen (secondary N) is 1. The number of carbonyl (C=O) groups is 1. The van der Waals surface area contributed by atoms with Crippen molar-refractivity contribution in [2.75, 3.05) is 13.3 Å². The van der Waals surface area contributed by atoms with Crippen LogP contribution in [0.25, 0.3) is 10.2 Å². The van der Waals surface area contributed by atoms with Crippen LogP contribution in [0.2, 0.25) is 5.02 Å². The van der Waals surface area contributed by atoms with Crippen molar-refractivity contribution in [1.29, 1.82) is 0 Å². The number of fused-ring (bicyclic) bond motifs is 1. The van der Waals surface area contributed by atoms with Crippen molar-refractivity contribution < 1.29 is 9.36 Å². The van der Waals surface area contributed by atoms with Crippen LogP contribution >= 0.6 is 30.1 Å². The summed E-state index contributed by atoms with van der Waals surface area (Å²) in [4.78, 5) is 17.5. The lowest BCUT2D eigenvalue weighted by molar-refractivity contribution is 0.0926. The number of nitrogens with zero attached hydrogens (tertiary/aromatic N) is 1. The smallest absolute Gasteiger partial charge is 0.251 e. The Labute approximate surface area is 180 Å². The number of halogens is 1. The van der Waals surface area contributed by atoms with Crippen molar-refractivity contribution in [3.8, 4) is 0 Å². The quantitative estimate of drug-likeness (QED) is 0.526. The first-order valence-electron chi connectivity index (χ1n) is 9.82. The van der Waals surface area contributed by atoms with Crippen LogP contribution in [0.15, 0.2) is 42.5 Å². The predicted molar refractivity (Wildman–Crippen MR) is 123 cm³/mol. The molecule has 1 N–H and O–H groups in total. The van der Waals surface area contributed by atoms with Gasteiger partial charge in [-0.2, -0.15) is 0 Å². The molecule has 1 aliphatic rings. The molecular formula is C22H24ClN2O2PS. The Hall–Kier alpha value is -1.68. The monoisotopic (exact) mass is 446 g/mol. The van der Waals surface area contributed by atoms with Gasteiger partial charge in [0.05, 0.1) is 15.2 Å². The van der Waals surface area contributed by atoms with Gasteiger partial charge in [0.1, 0.15) is 7.14 Å². The summed E-state index contributed by atoms with van der Waals surface area (Å²) in [5.74, 6) is 0.354. The summed E-state index contributed by atoms with van der Waals surface area (Å²) in [5.41, 5.74) is 1.55. The van der Waals surface area contributed by atoms with Gasteiger partial charge < -0.3 is 9.88 Å². The summed E-state index contributed by atoms with van der Waals surface area (Å²) < 4.78 is 13.5. The van der Waals surface area contributed by atoms with E-state index in [2.05, 4.69) is 5.32 Å². The standard InChI is InChI=1S/C22H24ClN2O2PS/c1-28(2,27)18-5-3-4-15(12-18)21(26)24-17-9-6-14(7-10-17)22-25-19-13-16(23)8-11-20(19)29-22/h3-5,8,11-14,17H,6-7,9-10H2,1-2H3,(H,24,26). The highest BCUT2D eigenvalue weighted by Crippen LogP contribution is 2.38. The highest BCUT2D eigenvalue weighted by atomic mass is 35.5. The molecule has 1 aliphatic carbocycles. The molecular weight excluding hydrogens is 423 g/mol. The predicted octanol–water partition coefficient (Wildman–Crippen LogP) is 5.65. The SMILES string of the molecule is CP(C)(=O)c1cccc(C(=O)NC2CCC(c3nc4cc(Cl)ccc4s3)CC2)c1. The maximum absolute atomic E-state index is 12.7. The Kier molecular flexibility index (Phi) is 5.83. The van der Waals surface area contributed by atoms with Crippen LogP contribution in [0, 0.1) is 0 Å². The number of hydrogen-bond donors (Lipinski definition) is 1. The fraction of sp³-hybridized carbons (Fsp3) is 0.364. The molecule has 0 saturated heterocycles. The van der Waals surface area contributed by atoms with E-state index in [1.54, 1.807) is 42.9 Å². The molecule has 2 aromatic carbocycles. The topological polar surface area (TPSA) is 59.1 Å². The Balaban J connectivity index is 1.38. The van der Waals surface area contributed by atoms with Gasteiger partial charge in [-0.1, -0.05) is 23.7 Å². The summed E-state index contributed by atoms with van der Waals surface area (Å²) in [6.45, 7) is 3.45. The molecule has 1 fully saturated rings. The molecule has 4 nitrogen and oxygen atoms in total. The third kappa shape index (κ3) is 4.74. The third-order valence-corrected chi connectivity index (χ3v) is 8.46. The second-order valence-corrected chi connectivity index (χ2v) is 12.8. The first kappa shape index (κ1) is 20.6. The number of aromatic nitrogens is 1. The third-order valence-electron chi connectivity index (χ3n) is 5.51. The van der Waals surface area contributed by atoms with Gasteiger partial charge in [-0.25, -0.2) is 4.98 Å². The first-order chi connectivity index (χ1) is 13.8. The van der Waals surface area contributed by atoms with Gasteiger partial charge in [0.15, 0.2) is 0 Å². The molecule has 29 heavy (non-hydrogen) atoms. The average molecular weight is 447 g/mol. The van der Waals surface area contributed by atoms with E-state index in [0.29, 0.717) is 16.5 Å². The van der Waals surface area contributed by atoms with Crippen molar-refractivity contribution in [3.05, 3.63) is 58.1 Å². The van der Waals surface area contributed by atoms with Crippen molar-refractivity contribution in [1.82, 2.24) is 10.3 Å². The van der Waals surface area contributed by atoms with Crippen LogP contribution in [-0.4, -0.2) is 30.3 Å². The minimum Gasteiger partial charge on any atom is -0.349 e. The van der Waals surface area contributed by atoms with E-state index in [0.717, 1.165) is 36.5 Å². The van der Waals surface area contributed by atoms with E-state index < -0.39 is 7.14 Å². The van der Waals surface area contributed by atoms with E-state index >= 15 is 0 Å². The van der Waals surface area contributed by atoms with Crippen LogP contribution in [0.1, 0.15) is 47.0 Å². The van der Waals surface area contributed by atoms with Crippen molar-refractivity contribution >= 4 is 51.5 Å². The summed E-state index contributed by atoms with van der Waals surface area (Å²) in [6, 6.07) is 13.2. The molecule has 1 heterocycles. The summed E-state index contributed by atoms with van der Waals surface area (Å²) in [6.07, 6.45) is 3.90. The molecule has 1 amide bonds. The molecule has 152 valence electrons. The molecule has 0 atom stereocenters. The Bertz CT molecular complexity index is 1100. The van der Waals surface area contributed by atoms with Crippen LogP contribution in [-0.2, 0) is 4.57 Å². The van der Waals surface area contributed by atoms with Crippen molar-refractivity contribution in [2.24, 2.45) is 0 Å². The van der Waals surface area contributed by atoms with E-state index in [4.69, 9.17) is 16.6 Å².